The maximum Gasteiger partial charge on any atom is 0.175 e. The zero-order valence-electron chi connectivity index (χ0n) is 15.4. The van der Waals surface area contributed by atoms with Gasteiger partial charge in [0.1, 0.15) is 0 Å². The molecule has 0 saturated heterocycles. The highest BCUT2D eigenvalue weighted by Gasteiger charge is 2.15. The zero-order valence-corrected chi connectivity index (χ0v) is 17.7. The molecule has 1 aromatic heterocycles. The van der Waals surface area contributed by atoms with Gasteiger partial charge in [0.15, 0.2) is 9.84 Å². The molecule has 4 aromatic rings. The van der Waals surface area contributed by atoms with E-state index in [1.54, 1.807) is 28.9 Å². The fourth-order valence-corrected chi connectivity index (χ4v) is 4.03. The molecule has 1 heterocycles. The maximum absolute atomic E-state index is 11.8. The molecule has 0 radical (unpaired) electrons. The first-order valence-electron chi connectivity index (χ1n) is 8.74. The molecule has 0 aliphatic heterocycles. The highest BCUT2D eigenvalue weighted by molar-refractivity contribution is 7.90. The van der Waals surface area contributed by atoms with Gasteiger partial charge in [-0.1, -0.05) is 53.5 Å². The molecular formula is C22H16Cl2N2O2S. The van der Waals surface area contributed by atoms with Crippen LogP contribution in [0.25, 0.3) is 28.2 Å². The van der Waals surface area contributed by atoms with E-state index in [4.69, 9.17) is 28.3 Å². The Kier molecular flexibility index (Phi) is 5.21. The van der Waals surface area contributed by atoms with E-state index in [1.807, 2.05) is 54.6 Å². The smallest absolute Gasteiger partial charge is 0.175 e. The normalized spacial score (nSPS) is 11.6. The van der Waals surface area contributed by atoms with Crippen LogP contribution in [0.15, 0.2) is 83.8 Å². The molecule has 0 aliphatic carbocycles. The Labute approximate surface area is 179 Å². The number of benzene rings is 3. The Morgan fingerprint density at radius 2 is 1.52 bits per heavy atom. The predicted octanol–water partition coefficient (Wildman–Crippen LogP) is 5.92. The number of rotatable bonds is 4. The molecule has 0 bridgehead atoms. The molecule has 0 fully saturated rings. The van der Waals surface area contributed by atoms with Gasteiger partial charge in [0.25, 0.3) is 0 Å². The molecule has 0 N–H and O–H groups in total. The van der Waals surface area contributed by atoms with Gasteiger partial charge >= 0.3 is 0 Å². The average Bonchev–Trinajstić information content (AvgIpc) is 3.13. The van der Waals surface area contributed by atoms with Crippen molar-refractivity contribution in [1.82, 2.24) is 9.78 Å². The third kappa shape index (κ3) is 4.08. The Balaban J connectivity index is 1.89. The summed E-state index contributed by atoms with van der Waals surface area (Å²) in [6, 6.07) is 23.5. The number of sulfone groups is 1. The molecule has 0 atom stereocenters. The van der Waals surface area contributed by atoms with Crippen LogP contribution >= 0.6 is 23.2 Å². The molecule has 0 saturated carbocycles. The van der Waals surface area contributed by atoms with E-state index in [0.29, 0.717) is 15.7 Å². The summed E-state index contributed by atoms with van der Waals surface area (Å²) in [7, 11) is -3.27. The molecule has 4 nitrogen and oxygen atoms in total. The minimum absolute atomic E-state index is 0.257. The van der Waals surface area contributed by atoms with Gasteiger partial charge in [0, 0.05) is 22.4 Å². The van der Waals surface area contributed by atoms with E-state index in [9.17, 15) is 8.42 Å². The van der Waals surface area contributed by atoms with Crippen LogP contribution in [-0.2, 0) is 9.84 Å². The van der Waals surface area contributed by atoms with Crippen molar-refractivity contribution >= 4 is 33.0 Å². The van der Waals surface area contributed by atoms with Gasteiger partial charge in [-0.15, -0.1) is 0 Å². The molecular weight excluding hydrogens is 427 g/mol. The second kappa shape index (κ2) is 7.67. The minimum Gasteiger partial charge on any atom is -0.232 e. The SMILES string of the molecule is CS(=O)(=O)c1ccc(-n2nc(-c3ccccc3Cl)cc2-c2ccc(Cl)cc2)cc1. The highest BCUT2D eigenvalue weighted by atomic mass is 35.5. The summed E-state index contributed by atoms with van der Waals surface area (Å²) < 4.78 is 25.3. The molecule has 29 heavy (non-hydrogen) atoms. The maximum atomic E-state index is 11.8. The Morgan fingerprint density at radius 3 is 2.14 bits per heavy atom. The molecule has 146 valence electrons. The summed E-state index contributed by atoms with van der Waals surface area (Å²) in [4.78, 5) is 0.257. The highest BCUT2D eigenvalue weighted by Crippen LogP contribution is 2.32. The van der Waals surface area contributed by atoms with Crippen LogP contribution in [-0.4, -0.2) is 24.5 Å². The van der Waals surface area contributed by atoms with Crippen molar-refractivity contribution in [3.63, 3.8) is 0 Å². The van der Waals surface area contributed by atoms with E-state index in [0.717, 1.165) is 22.5 Å². The average molecular weight is 443 g/mol. The summed E-state index contributed by atoms with van der Waals surface area (Å²) in [6.45, 7) is 0. The second-order valence-corrected chi connectivity index (χ2v) is 9.44. The van der Waals surface area contributed by atoms with Crippen LogP contribution in [0, 0.1) is 0 Å². The van der Waals surface area contributed by atoms with Gasteiger partial charge in [-0.05, 0) is 48.5 Å². The standard InChI is InChI=1S/C22H16Cl2N2O2S/c1-29(27,28)18-12-10-17(11-13-18)26-22(15-6-8-16(23)9-7-15)14-21(25-26)19-4-2-3-5-20(19)24/h2-14H,1H3. The van der Waals surface area contributed by atoms with Crippen LogP contribution in [0.4, 0.5) is 0 Å². The van der Waals surface area contributed by atoms with Gasteiger partial charge in [0.2, 0.25) is 0 Å². The first-order valence-corrected chi connectivity index (χ1v) is 11.4. The van der Waals surface area contributed by atoms with Crippen LogP contribution < -0.4 is 0 Å². The van der Waals surface area contributed by atoms with Crippen molar-refractivity contribution in [2.24, 2.45) is 0 Å². The number of nitrogens with zero attached hydrogens (tertiary/aromatic N) is 2. The van der Waals surface area contributed by atoms with Gasteiger partial charge in [0.05, 0.1) is 27.0 Å². The predicted molar refractivity (Wildman–Crippen MR) is 118 cm³/mol. The van der Waals surface area contributed by atoms with Crippen molar-refractivity contribution in [2.75, 3.05) is 6.26 Å². The molecule has 0 spiro atoms. The van der Waals surface area contributed by atoms with Gasteiger partial charge < -0.3 is 0 Å². The van der Waals surface area contributed by atoms with E-state index < -0.39 is 9.84 Å². The monoisotopic (exact) mass is 442 g/mol. The molecule has 4 rings (SSSR count). The summed E-state index contributed by atoms with van der Waals surface area (Å²) >= 11 is 12.4. The van der Waals surface area contributed by atoms with Gasteiger partial charge in [-0.25, -0.2) is 13.1 Å². The van der Waals surface area contributed by atoms with Crippen LogP contribution in [0.1, 0.15) is 0 Å². The fraction of sp³-hybridized carbons (Fsp3) is 0.0455. The zero-order chi connectivity index (χ0) is 20.6. The lowest BCUT2D eigenvalue weighted by Crippen LogP contribution is -2.01. The minimum atomic E-state index is -3.27. The second-order valence-electron chi connectivity index (χ2n) is 6.58. The van der Waals surface area contributed by atoms with E-state index >= 15 is 0 Å². The van der Waals surface area contributed by atoms with Gasteiger partial charge in [-0.2, -0.15) is 5.10 Å². The third-order valence-electron chi connectivity index (χ3n) is 4.51. The first kappa shape index (κ1) is 19.7. The molecule has 0 aliphatic rings. The number of hydrogen-bond acceptors (Lipinski definition) is 3. The van der Waals surface area contributed by atoms with E-state index in [1.165, 1.54) is 6.26 Å². The number of aromatic nitrogens is 2. The Hall–Kier alpha value is -2.60. The van der Waals surface area contributed by atoms with Gasteiger partial charge in [-0.3, -0.25) is 0 Å². The largest absolute Gasteiger partial charge is 0.232 e. The summed E-state index contributed by atoms with van der Waals surface area (Å²) in [5.41, 5.74) is 4.03. The van der Waals surface area contributed by atoms with E-state index in [-0.39, 0.29) is 4.90 Å². The van der Waals surface area contributed by atoms with Crippen molar-refractivity contribution in [3.8, 4) is 28.2 Å². The molecule has 7 heteroatoms. The van der Waals surface area contributed by atoms with Crippen LogP contribution in [0.3, 0.4) is 0 Å². The third-order valence-corrected chi connectivity index (χ3v) is 6.22. The van der Waals surface area contributed by atoms with E-state index in [2.05, 4.69) is 0 Å². The fourth-order valence-electron chi connectivity index (χ4n) is 3.04. The Morgan fingerprint density at radius 1 is 0.862 bits per heavy atom. The topological polar surface area (TPSA) is 52.0 Å². The van der Waals surface area contributed by atoms with Crippen LogP contribution in [0.5, 0.6) is 0 Å². The van der Waals surface area contributed by atoms with Crippen molar-refractivity contribution in [3.05, 3.63) is 88.9 Å². The lowest BCUT2D eigenvalue weighted by Gasteiger charge is -2.08. The Bertz CT molecular complexity index is 1280. The van der Waals surface area contributed by atoms with Crippen molar-refractivity contribution < 1.29 is 8.42 Å². The van der Waals surface area contributed by atoms with Crippen molar-refractivity contribution in [1.29, 1.82) is 0 Å². The summed E-state index contributed by atoms with van der Waals surface area (Å²) in [5, 5.41) is 6.00. The van der Waals surface area contributed by atoms with Crippen LogP contribution in [0.2, 0.25) is 10.0 Å². The number of hydrogen-bond donors (Lipinski definition) is 0. The van der Waals surface area contributed by atoms with Crippen molar-refractivity contribution in [2.45, 2.75) is 4.90 Å². The lowest BCUT2D eigenvalue weighted by molar-refractivity contribution is 0.602. The molecule has 3 aromatic carbocycles. The summed E-state index contributed by atoms with van der Waals surface area (Å²) in [6.07, 6.45) is 1.19. The quantitative estimate of drug-likeness (QED) is 0.394. The first-order chi connectivity index (χ1) is 13.8. The number of halogens is 2. The lowest BCUT2D eigenvalue weighted by atomic mass is 10.1. The summed E-state index contributed by atoms with van der Waals surface area (Å²) in [5.74, 6) is 0. The molecule has 0 amide bonds. The molecule has 0 unspecified atom stereocenters.